The number of rotatable bonds is 3. The highest BCUT2D eigenvalue weighted by atomic mass is 35.5. The van der Waals surface area contributed by atoms with Crippen LogP contribution in [0.1, 0.15) is 25.8 Å². The Labute approximate surface area is 159 Å². The van der Waals surface area contributed by atoms with E-state index < -0.39 is 17.7 Å². The molecule has 1 aromatic heterocycles. The van der Waals surface area contributed by atoms with Crippen LogP contribution in [0.15, 0.2) is 36.8 Å². The molecule has 1 unspecified atom stereocenters. The summed E-state index contributed by atoms with van der Waals surface area (Å²) in [7, 11) is 0. The summed E-state index contributed by atoms with van der Waals surface area (Å²) in [5.74, 6) is -1.31. The second kappa shape index (κ2) is 7.16. The minimum Gasteiger partial charge on any atom is -0.373 e. The molecule has 0 radical (unpaired) electrons. The van der Waals surface area contributed by atoms with Crippen molar-refractivity contribution in [3.8, 4) is 11.3 Å². The molecule has 146 valence electrons. The van der Waals surface area contributed by atoms with E-state index in [4.69, 9.17) is 11.6 Å². The third kappa shape index (κ3) is 3.82. The molecule has 1 atom stereocenters. The standard InChI is InChI=1S/C18H19ClF3N3O2/c1-17(27,18(20,21)22)16(26)24-8-6-14(7-9-24)25-11-23-10-15(25)12-2-4-13(19)5-3-12/h2-5,10-11,14,27H,6-9H2,1H3. The monoisotopic (exact) mass is 401 g/mol. The van der Waals surface area contributed by atoms with Crippen molar-refractivity contribution in [1.29, 1.82) is 0 Å². The summed E-state index contributed by atoms with van der Waals surface area (Å²) in [6.07, 6.45) is -0.673. The maximum Gasteiger partial charge on any atom is 0.426 e. The van der Waals surface area contributed by atoms with E-state index in [2.05, 4.69) is 4.98 Å². The van der Waals surface area contributed by atoms with Crippen LogP contribution in [0, 0.1) is 0 Å². The van der Waals surface area contributed by atoms with Crippen LogP contribution in [0.25, 0.3) is 11.3 Å². The lowest BCUT2D eigenvalue weighted by atomic mass is 9.99. The van der Waals surface area contributed by atoms with E-state index in [9.17, 15) is 23.1 Å². The zero-order valence-corrected chi connectivity index (χ0v) is 15.3. The molecular formula is C18H19ClF3N3O2. The lowest BCUT2D eigenvalue weighted by Gasteiger charge is -2.37. The van der Waals surface area contributed by atoms with Gasteiger partial charge in [-0.1, -0.05) is 23.7 Å². The van der Waals surface area contributed by atoms with Crippen LogP contribution < -0.4 is 0 Å². The molecule has 2 heterocycles. The Morgan fingerprint density at radius 2 is 1.81 bits per heavy atom. The molecule has 1 aromatic carbocycles. The molecule has 27 heavy (non-hydrogen) atoms. The summed E-state index contributed by atoms with van der Waals surface area (Å²) in [6.45, 7) is 0.762. The fourth-order valence-corrected chi connectivity index (χ4v) is 3.34. The Morgan fingerprint density at radius 3 is 2.37 bits per heavy atom. The molecule has 3 rings (SSSR count). The third-order valence-electron chi connectivity index (χ3n) is 4.92. The summed E-state index contributed by atoms with van der Waals surface area (Å²) in [4.78, 5) is 17.4. The predicted molar refractivity (Wildman–Crippen MR) is 94.2 cm³/mol. The van der Waals surface area contributed by atoms with E-state index >= 15 is 0 Å². The van der Waals surface area contributed by atoms with Crippen LogP contribution in [0.3, 0.4) is 0 Å². The maximum atomic E-state index is 12.9. The average molecular weight is 402 g/mol. The first-order valence-corrected chi connectivity index (χ1v) is 8.85. The second-order valence-electron chi connectivity index (χ2n) is 6.79. The van der Waals surface area contributed by atoms with Crippen molar-refractivity contribution in [3.05, 3.63) is 41.8 Å². The van der Waals surface area contributed by atoms with Gasteiger partial charge in [0.15, 0.2) is 0 Å². The molecule has 1 aliphatic heterocycles. The van der Waals surface area contributed by atoms with Crippen LogP contribution >= 0.6 is 11.6 Å². The number of hydrogen-bond donors (Lipinski definition) is 1. The van der Waals surface area contributed by atoms with Crippen LogP contribution in [0.4, 0.5) is 13.2 Å². The minimum atomic E-state index is -5.01. The van der Waals surface area contributed by atoms with Crippen molar-refractivity contribution < 1.29 is 23.1 Å². The molecule has 1 aliphatic rings. The summed E-state index contributed by atoms with van der Waals surface area (Å²) < 4.78 is 40.6. The van der Waals surface area contributed by atoms with Crippen LogP contribution in [-0.4, -0.2) is 50.3 Å². The lowest BCUT2D eigenvalue weighted by molar-refractivity contribution is -0.250. The number of carbonyl (C=O) groups is 1. The van der Waals surface area contributed by atoms with Gasteiger partial charge in [0.05, 0.1) is 18.2 Å². The number of hydrogen-bond acceptors (Lipinski definition) is 3. The van der Waals surface area contributed by atoms with Gasteiger partial charge in [-0.25, -0.2) is 4.98 Å². The Bertz CT molecular complexity index is 810. The average Bonchev–Trinajstić information content (AvgIpc) is 3.10. The normalized spacial score (nSPS) is 18.4. The van der Waals surface area contributed by atoms with Crippen molar-refractivity contribution in [1.82, 2.24) is 14.5 Å². The van der Waals surface area contributed by atoms with Gasteiger partial charge in [0.1, 0.15) is 0 Å². The number of alkyl halides is 3. The summed E-state index contributed by atoms with van der Waals surface area (Å²) in [5, 5.41) is 10.2. The minimum absolute atomic E-state index is 0.00179. The molecule has 1 saturated heterocycles. The van der Waals surface area contributed by atoms with Crippen molar-refractivity contribution in [2.24, 2.45) is 0 Å². The molecule has 0 saturated carbocycles. The van der Waals surface area contributed by atoms with Gasteiger partial charge >= 0.3 is 6.18 Å². The topological polar surface area (TPSA) is 58.4 Å². The summed E-state index contributed by atoms with van der Waals surface area (Å²) >= 11 is 5.92. The molecule has 1 fully saturated rings. The molecule has 0 aliphatic carbocycles. The maximum absolute atomic E-state index is 12.9. The highest BCUT2D eigenvalue weighted by molar-refractivity contribution is 6.30. The van der Waals surface area contributed by atoms with Gasteiger partial charge in [0, 0.05) is 24.2 Å². The summed E-state index contributed by atoms with van der Waals surface area (Å²) in [6, 6.07) is 7.28. The Hall–Kier alpha value is -2.06. The van der Waals surface area contributed by atoms with E-state index in [0.717, 1.165) is 16.2 Å². The molecule has 5 nitrogen and oxygen atoms in total. The first-order valence-electron chi connectivity index (χ1n) is 8.47. The van der Waals surface area contributed by atoms with Crippen molar-refractivity contribution >= 4 is 17.5 Å². The van der Waals surface area contributed by atoms with Gasteiger partial charge in [0.25, 0.3) is 5.91 Å². The molecule has 1 N–H and O–H groups in total. The Balaban J connectivity index is 1.71. The molecule has 0 bridgehead atoms. The molecule has 2 aromatic rings. The van der Waals surface area contributed by atoms with Gasteiger partial charge in [0.2, 0.25) is 5.60 Å². The van der Waals surface area contributed by atoms with Gasteiger partial charge in [-0.2, -0.15) is 13.2 Å². The van der Waals surface area contributed by atoms with Gasteiger partial charge in [-0.3, -0.25) is 4.79 Å². The number of aromatic nitrogens is 2. The fraction of sp³-hybridized carbons (Fsp3) is 0.444. The number of carbonyl (C=O) groups excluding carboxylic acids is 1. The second-order valence-corrected chi connectivity index (χ2v) is 7.22. The molecular weight excluding hydrogens is 383 g/mol. The van der Waals surface area contributed by atoms with E-state index in [1.54, 1.807) is 24.7 Å². The first-order chi connectivity index (χ1) is 12.6. The van der Waals surface area contributed by atoms with Gasteiger partial charge in [-0.15, -0.1) is 0 Å². The Morgan fingerprint density at radius 1 is 1.22 bits per heavy atom. The number of nitrogens with zero attached hydrogens (tertiary/aromatic N) is 3. The number of likely N-dealkylation sites (tertiary alicyclic amines) is 1. The smallest absolute Gasteiger partial charge is 0.373 e. The van der Waals surface area contributed by atoms with Gasteiger partial charge < -0.3 is 14.6 Å². The summed E-state index contributed by atoms with van der Waals surface area (Å²) in [5.41, 5.74) is -1.57. The highest BCUT2D eigenvalue weighted by Crippen LogP contribution is 2.34. The van der Waals surface area contributed by atoms with E-state index in [1.165, 1.54) is 0 Å². The van der Waals surface area contributed by atoms with Gasteiger partial charge in [-0.05, 0) is 37.5 Å². The fourth-order valence-electron chi connectivity index (χ4n) is 3.22. The number of amides is 1. The van der Waals surface area contributed by atoms with Crippen LogP contribution in [0.2, 0.25) is 5.02 Å². The van der Waals surface area contributed by atoms with Crippen molar-refractivity contribution in [3.63, 3.8) is 0 Å². The van der Waals surface area contributed by atoms with Crippen LogP contribution in [-0.2, 0) is 4.79 Å². The highest BCUT2D eigenvalue weighted by Gasteiger charge is 2.57. The predicted octanol–water partition coefficient (Wildman–Crippen LogP) is 3.68. The largest absolute Gasteiger partial charge is 0.426 e. The van der Waals surface area contributed by atoms with Crippen molar-refractivity contribution in [2.45, 2.75) is 37.6 Å². The zero-order valence-electron chi connectivity index (χ0n) is 14.6. The number of imidazole rings is 1. The number of aliphatic hydroxyl groups is 1. The number of halogens is 4. The number of piperidine rings is 1. The van der Waals surface area contributed by atoms with E-state index in [-0.39, 0.29) is 19.1 Å². The zero-order chi connectivity index (χ0) is 19.8. The lowest BCUT2D eigenvalue weighted by Crippen LogP contribution is -2.57. The third-order valence-corrected chi connectivity index (χ3v) is 5.17. The number of benzene rings is 1. The van der Waals surface area contributed by atoms with E-state index in [0.29, 0.717) is 24.8 Å². The Kier molecular flexibility index (Phi) is 5.22. The van der Waals surface area contributed by atoms with E-state index in [1.807, 2.05) is 16.7 Å². The quantitative estimate of drug-likeness (QED) is 0.853. The molecule has 0 spiro atoms. The van der Waals surface area contributed by atoms with Crippen LogP contribution in [0.5, 0.6) is 0 Å². The molecule has 9 heteroatoms. The first kappa shape index (κ1) is 19.7. The van der Waals surface area contributed by atoms with Crippen molar-refractivity contribution in [2.75, 3.05) is 13.1 Å². The molecule has 1 amide bonds. The SMILES string of the molecule is CC(O)(C(=O)N1CCC(n2cncc2-c2ccc(Cl)cc2)CC1)C(F)(F)F.